The van der Waals surface area contributed by atoms with Crippen LogP contribution in [0, 0.1) is 5.92 Å². The van der Waals surface area contributed by atoms with Crippen LogP contribution in [-0.4, -0.2) is 36.2 Å². The van der Waals surface area contributed by atoms with E-state index in [0.29, 0.717) is 13.0 Å². The lowest BCUT2D eigenvalue weighted by molar-refractivity contribution is 0.0456. The number of hydrogen-bond acceptors (Lipinski definition) is 2. The summed E-state index contributed by atoms with van der Waals surface area (Å²) in [6.07, 6.45) is 1.95. The molecule has 0 saturated carbocycles. The Labute approximate surface area is 93.0 Å². The quantitative estimate of drug-likeness (QED) is 0.783. The van der Waals surface area contributed by atoms with Gasteiger partial charge in [0.2, 0.25) is 0 Å². The van der Waals surface area contributed by atoms with E-state index in [2.05, 4.69) is 25.7 Å². The average molecular weight is 216 g/mol. The van der Waals surface area contributed by atoms with Crippen LogP contribution in [0.5, 0.6) is 0 Å². The van der Waals surface area contributed by atoms with Crippen LogP contribution < -0.4 is 5.73 Å². The average Bonchev–Trinajstić information content (AvgIpc) is 2.17. The lowest BCUT2D eigenvalue weighted by Crippen LogP contribution is -2.49. The minimum absolute atomic E-state index is 0.168. The second kappa shape index (κ2) is 5.26. The summed E-state index contributed by atoms with van der Waals surface area (Å²) in [5.74, 6) is 0.196. The SMILES string of the molecule is CC(C)(C)N1CCCC(C(F)CCN)C1. The van der Waals surface area contributed by atoms with E-state index in [9.17, 15) is 4.39 Å². The van der Waals surface area contributed by atoms with E-state index in [1.54, 1.807) is 0 Å². The summed E-state index contributed by atoms with van der Waals surface area (Å²) < 4.78 is 13.7. The Morgan fingerprint density at radius 1 is 1.47 bits per heavy atom. The molecule has 0 aromatic heterocycles. The molecule has 0 aromatic rings. The van der Waals surface area contributed by atoms with Crippen LogP contribution >= 0.6 is 0 Å². The number of halogens is 1. The first kappa shape index (κ1) is 12.9. The molecule has 0 radical (unpaired) electrons. The topological polar surface area (TPSA) is 29.3 Å². The first-order valence-corrected chi connectivity index (χ1v) is 6.04. The molecule has 0 aromatic carbocycles. The maximum atomic E-state index is 13.7. The third kappa shape index (κ3) is 3.72. The molecule has 90 valence electrons. The van der Waals surface area contributed by atoms with E-state index in [1.165, 1.54) is 0 Å². The zero-order valence-electron chi connectivity index (χ0n) is 10.3. The molecule has 3 heteroatoms. The number of likely N-dealkylation sites (tertiary alicyclic amines) is 1. The Morgan fingerprint density at radius 3 is 2.67 bits per heavy atom. The largest absolute Gasteiger partial charge is 0.330 e. The molecule has 0 bridgehead atoms. The molecule has 2 atom stereocenters. The maximum Gasteiger partial charge on any atom is 0.105 e. The standard InChI is InChI=1S/C12H25FN2/c1-12(2,3)15-8-4-5-10(9-15)11(13)6-7-14/h10-11H,4-9,14H2,1-3H3. The molecule has 1 heterocycles. The first-order valence-electron chi connectivity index (χ1n) is 6.04. The highest BCUT2D eigenvalue weighted by molar-refractivity contribution is 4.85. The Hall–Kier alpha value is -0.150. The van der Waals surface area contributed by atoms with Gasteiger partial charge < -0.3 is 5.73 Å². The maximum absolute atomic E-state index is 13.7. The molecule has 2 nitrogen and oxygen atoms in total. The van der Waals surface area contributed by atoms with Crippen molar-refractivity contribution in [2.45, 2.75) is 51.7 Å². The molecule has 0 amide bonds. The molecule has 1 aliphatic rings. The molecule has 1 rings (SSSR count). The number of piperidine rings is 1. The lowest BCUT2D eigenvalue weighted by atomic mass is 9.89. The Kier molecular flexibility index (Phi) is 4.53. The van der Waals surface area contributed by atoms with Crippen molar-refractivity contribution in [3.63, 3.8) is 0 Å². The van der Waals surface area contributed by atoms with Crippen LogP contribution in [0.15, 0.2) is 0 Å². The third-order valence-corrected chi connectivity index (χ3v) is 3.36. The van der Waals surface area contributed by atoms with Crippen molar-refractivity contribution in [3.05, 3.63) is 0 Å². The van der Waals surface area contributed by atoms with Gasteiger partial charge in [-0.3, -0.25) is 4.90 Å². The van der Waals surface area contributed by atoms with E-state index in [0.717, 1.165) is 25.9 Å². The Bertz CT molecular complexity index is 189. The van der Waals surface area contributed by atoms with Crippen molar-refractivity contribution in [1.29, 1.82) is 0 Å². The minimum Gasteiger partial charge on any atom is -0.330 e. The van der Waals surface area contributed by atoms with Gasteiger partial charge in [-0.1, -0.05) is 0 Å². The van der Waals surface area contributed by atoms with E-state index in [1.807, 2.05) is 0 Å². The lowest BCUT2D eigenvalue weighted by Gasteiger charge is -2.42. The normalized spacial score (nSPS) is 26.6. The zero-order chi connectivity index (χ0) is 11.5. The van der Waals surface area contributed by atoms with Crippen LogP contribution in [0.25, 0.3) is 0 Å². The van der Waals surface area contributed by atoms with Crippen LogP contribution in [0.2, 0.25) is 0 Å². The zero-order valence-corrected chi connectivity index (χ0v) is 10.3. The molecule has 0 spiro atoms. The molecule has 1 fully saturated rings. The summed E-state index contributed by atoms with van der Waals surface area (Å²) in [5, 5.41) is 0. The van der Waals surface area contributed by atoms with E-state index < -0.39 is 6.17 Å². The van der Waals surface area contributed by atoms with Gasteiger partial charge in [-0.15, -0.1) is 0 Å². The molecule has 15 heavy (non-hydrogen) atoms. The van der Waals surface area contributed by atoms with Gasteiger partial charge in [-0.05, 0) is 53.1 Å². The van der Waals surface area contributed by atoms with Crippen molar-refractivity contribution in [2.24, 2.45) is 11.7 Å². The van der Waals surface area contributed by atoms with Crippen LogP contribution in [-0.2, 0) is 0 Å². The third-order valence-electron chi connectivity index (χ3n) is 3.36. The summed E-state index contributed by atoms with van der Waals surface area (Å²) in [7, 11) is 0. The monoisotopic (exact) mass is 216 g/mol. The van der Waals surface area contributed by atoms with Crippen molar-refractivity contribution in [3.8, 4) is 0 Å². The van der Waals surface area contributed by atoms with Gasteiger partial charge in [0.05, 0.1) is 0 Å². The summed E-state index contributed by atoms with van der Waals surface area (Å²) in [4.78, 5) is 2.39. The summed E-state index contributed by atoms with van der Waals surface area (Å²) in [6.45, 7) is 9.07. The van der Waals surface area contributed by atoms with Gasteiger partial charge in [0.25, 0.3) is 0 Å². The van der Waals surface area contributed by atoms with Crippen molar-refractivity contribution in [2.75, 3.05) is 19.6 Å². The predicted molar refractivity (Wildman–Crippen MR) is 62.6 cm³/mol. The number of nitrogens with two attached hydrogens (primary N) is 1. The number of rotatable bonds is 3. The highest BCUT2D eigenvalue weighted by Crippen LogP contribution is 2.27. The van der Waals surface area contributed by atoms with E-state index in [4.69, 9.17) is 5.73 Å². The molecule has 2 N–H and O–H groups in total. The Morgan fingerprint density at radius 2 is 2.13 bits per heavy atom. The van der Waals surface area contributed by atoms with Crippen molar-refractivity contribution >= 4 is 0 Å². The number of alkyl halides is 1. The van der Waals surface area contributed by atoms with Crippen LogP contribution in [0.3, 0.4) is 0 Å². The fraction of sp³-hybridized carbons (Fsp3) is 1.00. The fourth-order valence-electron chi connectivity index (χ4n) is 2.31. The Balaban J connectivity index is 2.48. The van der Waals surface area contributed by atoms with E-state index >= 15 is 0 Å². The highest BCUT2D eigenvalue weighted by Gasteiger charge is 2.31. The van der Waals surface area contributed by atoms with E-state index in [-0.39, 0.29) is 11.5 Å². The summed E-state index contributed by atoms with van der Waals surface area (Å²) >= 11 is 0. The van der Waals surface area contributed by atoms with Gasteiger partial charge in [-0.25, -0.2) is 4.39 Å². The smallest absolute Gasteiger partial charge is 0.105 e. The van der Waals surface area contributed by atoms with Gasteiger partial charge >= 0.3 is 0 Å². The molecule has 2 unspecified atom stereocenters. The fourth-order valence-corrected chi connectivity index (χ4v) is 2.31. The van der Waals surface area contributed by atoms with Gasteiger partial charge in [0.1, 0.15) is 6.17 Å². The first-order chi connectivity index (χ1) is 6.95. The van der Waals surface area contributed by atoms with Gasteiger partial charge in [-0.2, -0.15) is 0 Å². The van der Waals surface area contributed by atoms with Crippen molar-refractivity contribution < 1.29 is 4.39 Å². The van der Waals surface area contributed by atoms with Crippen LogP contribution in [0.1, 0.15) is 40.0 Å². The molecular weight excluding hydrogens is 191 g/mol. The number of hydrogen-bond donors (Lipinski definition) is 1. The second-order valence-electron chi connectivity index (χ2n) is 5.61. The molecule has 1 aliphatic heterocycles. The van der Waals surface area contributed by atoms with Gasteiger partial charge in [0, 0.05) is 18.0 Å². The summed E-state index contributed by atoms with van der Waals surface area (Å²) in [5.41, 5.74) is 5.57. The molecule has 0 aliphatic carbocycles. The van der Waals surface area contributed by atoms with Crippen molar-refractivity contribution in [1.82, 2.24) is 4.90 Å². The highest BCUT2D eigenvalue weighted by atomic mass is 19.1. The molecule has 1 saturated heterocycles. The second-order valence-corrected chi connectivity index (χ2v) is 5.61. The number of nitrogens with zero attached hydrogens (tertiary/aromatic N) is 1. The van der Waals surface area contributed by atoms with Gasteiger partial charge in [0.15, 0.2) is 0 Å². The summed E-state index contributed by atoms with van der Waals surface area (Å²) in [6, 6.07) is 0. The van der Waals surface area contributed by atoms with Crippen LogP contribution in [0.4, 0.5) is 4.39 Å². The predicted octanol–water partition coefficient (Wildman–Crippen LogP) is 2.18. The minimum atomic E-state index is -0.708. The molecular formula is C12H25FN2.